The van der Waals surface area contributed by atoms with Gasteiger partial charge in [0.05, 0.1) is 10.9 Å². The number of H-pyrrole nitrogens is 2. The molecule has 0 radical (unpaired) electrons. The molecule has 68 valence electrons. The van der Waals surface area contributed by atoms with Crippen molar-refractivity contribution in [1.82, 2.24) is 9.97 Å². The first-order valence-corrected chi connectivity index (χ1v) is 3.73. The summed E-state index contributed by atoms with van der Waals surface area (Å²) in [6, 6.07) is 1.40. The van der Waals surface area contributed by atoms with Gasteiger partial charge < -0.3 is 20.2 Å². The maximum atomic E-state index is 10.6. The van der Waals surface area contributed by atoms with Crippen LogP contribution in [-0.2, 0) is 0 Å². The number of aromatic nitrogens is 2. The molecule has 0 fully saturated rings. The summed E-state index contributed by atoms with van der Waals surface area (Å²) in [5, 5.41) is 18.5. The lowest BCUT2D eigenvalue weighted by molar-refractivity contribution is 0.0691. The molecule has 0 aliphatic rings. The molecule has 13 heavy (non-hydrogen) atoms. The Morgan fingerprint density at radius 2 is 2.15 bits per heavy atom. The maximum absolute atomic E-state index is 10.6. The average Bonchev–Trinajstić information content (AvgIpc) is 2.55. The zero-order chi connectivity index (χ0) is 9.59. The van der Waals surface area contributed by atoms with E-state index in [1.165, 1.54) is 6.07 Å². The van der Waals surface area contributed by atoms with Crippen LogP contribution in [0.3, 0.4) is 0 Å². The molecule has 0 atom stereocenters. The summed E-state index contributed by atoms with van der Waals surface area (Å²) in [6.45, 7) is 1.75. The zero-order valence-electron chi connectivity index (χ0n) is 6.88. The molecule has 4 N–H and O–H groups in total. The van der Waals surface area contributed by atoms with Crippen molar-refractivity contribution >= 4 is 16.9 Å². The molecule has 2 aromatic rings. The van der Waals surface area contributed by atoms with E-state index in [1.54, 1.807) is 6.92 Å². The van der Waals surface area contributed by atoms with Crippen LogP contribution in [0.15, 0.2) is 6.07 Å². The van der Waals surface area contributed by atoms with E-state index in [0.717, 1.165) is 5.69 Å². The minimum absolute atomic E-state index is 0.00347. The van der Waals surface area contributed by atoms with Crippen molar-refractivity contribution in [3.63, 3.8) is 0 Å². The Balaban J connectivity index is 2.76. The molecule has 2 rings (SSSR count). The fourth-order valence-electron chi connectivity index (χ4n) is 1.36. The molecular formula is C8H8N2O3. The fourth-order valence-corrected chi connectivity index (χ4v) is 1.36. The van der Waals surface area contributed by atoms with Crippen LogP contribution >= 0.6 is 0 Å². The van der Waals surface area contributed by atoms with Gasteiger partial charge in [-0.15, -0.1) is 0 Å². The fraction of sp³-hybridized carbons (Fsp3) is 0.125. The Labute approximate surface area is 73.0 Å². The smallest absolute Gasteiger partial charge is 0.352 e. The summed E-state index contributed by atoms with van der Waals surface area (Å²) in [6.07, 6.45) is 0. The highest BCUT2D eigenvalue weighted by Crippen LogP contribution is 2.27. The predicted octanol–water partition coefficient (Wildman–Crippen LogP) is 1.21. The Bertz CT molecular complexity index is 446. The molecule has 0 amide bonds. The Morgan fingerprint density at radius 1 is 1.46 bits per heavy atom. The number of nitrogens with one attached hydrogen (secondary N) is 2. The van der Waals surface area contributed by atoms with Crippen molar-refractivity contribution in [3.05, 3.63) is 17.5 Å². The number of hydrogen-bond acceptors (Lipinski definition) is 2. The van der Waals surface area contributed by atoms with Gasteiger partial charge in [-0.3, -0.25) is 0 Å². The first-order chi connectivity index (χ1) is 6.09. The van der Waals surface area contributed by atoms with Crippen molar-refractivity contribution in [2.24, 2.45) is 0 Å². The molecule has 2 aromatic heterocycles. The van der Waals surface area contributed by atoms with Crippen LogP contribution in [0.1, 0.15) is 16.2 Å². The second-order valence-corrected chi connectivity index (χ2v) is 2.88. The molecule has 0 saturated carbocycles. The Hall–Kier alpha value is -1.91. The second kappa shape index (κ2) is 2.29. The number of carbonyl (C=O) groups is 1. The number of carboxylic acid groups (broad SMARTS) is 1. The number of fused-ring (bicyclic) bond motifs is 1. The van der Waals surface area contributed by atoms with Gasteiger partial charge in [-0.25, -0.2) is 4.79 Å². The molecule has 0 spiro atoms. The standard InChI is InChI=1S/C8H8N2O3/c1-3-6-4(7(11)9-3)2-5(10-6)8(12)13/h2,9-11H,1H3,(H,12,13). The van der Waals surface area contributed by atoms with Crippen molar-refractivity contribution in [3.8, 4) is 5.88 Å². The molecular weight excluding hydrogens is 172 g/mol. The van der Waals surface area contributed by atoms with Crippen LogP contribution in [0.25, 0.3) is 10.9 Å². The van der Waals surface area contributed by atoms with Crippen LogP contribution in [-0.4, -0.2) is 26.2 Å². The van der Waals surface area contributed by atoms with E-state index in [1.807, 2.05) is 0 Å². The van der Waals surface area contributed by atoms with E-state index >= 15 is 0 Å². The molecule has 0 aromatic carbocycles. The summed E-state index contributed by atoms with van der Waals surface area (Å²) in [7, 11) is 0. The molecule has 0 unspecified atom stereocenters. The monoisotopic (exact) mass is 180 g/mol. The number of aromatic amines is 2. The lowest BCUT2D eigenvalue weighted by atomic mass is 10.3. The van der Waals surface area contributed by atoms with Crippen LogP contribution in [0, 0.1) is 6.92 Å². The van der Waals surface area contributed by atoms with E-state index in [4.69, 9.17) is 5.11 Å². The average molecular weight is 180 g/mol. The van der Waals surface area contributed by atoms with Crippen LogP contribution in [0.5, 0.6) is 5.88 Å². The van der Waals surface area contributed by atoms with Gasteiger partial charge in [0.1, 0.15) is 5.69 Å². The summed E-state index contributed by atoms with van der Waals surface area (Å²) < 4.78 is 0. The van der Waals surface area contributed by atoms with E-state index in [9.17, 15) is 9.90 Å². The number of rotatable bonds is 1. The summed E-state index contributed by atoms with van der Waals surface area (Å²) in [5.41, 5.74) is 1.44. The topological polar surface area (TPSA) is 89.1 Å². The third kappa shape index (κ3) is 0.970. The molecule has 0 aliphatic heterocycles. The normalized spacial score (nSPS) is 10.8. The van der Waals surface area contributed by atoms with Crippen molar-refractivity contribution in [1.29, 1.82) is 0 Å². The Morgan fingerprint density at radius 3 is 2.69 bits per heavy atom. The zero-order valence-corrected chi connectivity index (χ0v) is 6.88. The molecule has 5 nitrogen and oxygen atoms in total. The van der Waals surface area contributed by atoms with E-state index in [-0.39, 0.29) is 11.6 Å². The number of hydrogen-bond donors (Lipinski definition) is 4. The first kappa shape index (κ1) is 7.72. The van der Waals surface area contributed by atoms with E-state index in [0.29, 0.717) is 10.9 Å². The Kier molecular flexibility index (Phi) is 1.36. The summed E-state index contributed by atoms with van der Waals surface area (Å²) >= 11 is 0. The van der Waals surface area contributed by atoms with Gasteiger partial charge in [0, 0.05) is 5.69 Å². The van der Waals surface area contributed by atoms with Gasteiger partial charge in [-0.05, 0) is 13.0 Å². The lowest BCUT2D eigenvalue weighted by Gasteiger charge is -1.86. The highest BCUT2D eigenvalue weighted by Gasteiger charge is 2.13. The van der Waals surface area contributed by atoms with E-state index in [2.05, 4.69) is 9.97 Å². The third-order valence-corrected chi connectivity index (χ3v) is 1.98. The number of aryl methyl sites for hydroxylation is 1. The number of aromatic hydroxyl groups is 1. The van der Waals surface area contributed by atoms with Gasteiger partial charge in [0.2, 0.25) is 0 Å². The molecule has 5 heteroatoms. The molecule has 2 heterocycles. The van der Waals surface area contributed by atoms with Gasteiger partial charge in [0.25, 0.3) is 0 Å². The number of carboxylic acids is 1. The summed E-state index contributed by atoms with van der Waals surface area (Å²) in [5.74, 6) is -1.04. The van der Waals surface area contributed by atoms with Crippen molar-refractivity contribution in [2.75, 3.05) is 0 Å². The number of aromatic carboxylic acids is 1. The molecule has 0 saturated heterocycles. The SMILES string of the molecule is Cc1[nH]c(O)c2cc(C(=O)O)[nH]c12. The minimum atomic E-state index is -1.03. The second-order valence-electron chi connectivity index (χ2n) is 2.88. The van der Waals surface area contributed by atoms with Gasteiger partial charge in [0.15, 0.2) is 5.88 Å². The van der Waals surface area contributed by atoms with Gasteiger partial charge >= 0.3 is 5.97 Å². The van der Waals surface area contributed by atoms with Gasteiger partial charge in [-0.2, -0.15) is 0 Å². The highest BCUT2D eigenvalue weighted by molar-refractivity contribution is 5.97. The molecule has 0 aliphatic carbocycles. The largest absolute Gasteiger partial charge is 0.494 e. The molecule has 0 bridgehead atoms. The van der Waals surface area contributed by atoms with Crippen LogP contribution in [0.2, 0.25) is 0 Å². The predicted molar refractivity (Wildman–Crippen MR) is 46.0 cm³/mol. The van der Waals surface area contributed by atoms with Crippen molar-refractivity contribution in [2.45, 2.75) is 6.92 Å². The summed E-state index contributed by atoms with van der Waals surface area (Å²) in [4.78, 5) is 16.0. The van der Waals surface area contributed by atoms with Gasteiger partial charge in [-0.1, -0.05) is 0 Å². The van der Waals surface area contributed by atoms with Crippen molar-refractivity contribution < 1.29 is 15.0 Å². The lowest BCUT2D eigenvalue weighted by Crippen LogP contribution is -1.95. The quantitative estimate of drug-likeness (QED) is 0.531. The third-order valence-electron chi connectivity index (χ3n) is 1.98. The maximum Gasteiger partial charge on any atom is 0.352 e. The minimum Gasteiger partial charge on any atom is -0.494 e. The highest BCUT2D eigenvalue weighted by atomic mass is 16.4. The van der Waals surface area contributed by atoms with Crippen LogP contribution < -0.4 is 0 Å². The van der Waals surface area contributed by atoms with E-state index < -0.39 is 5.97 Å². The van der Waals surface area contributed by atoms with Crippen LogP contribution in [0.4, 0.5) is 0 Å². The first-order valence-electron chi connectivity index (χ1n) is 3.73.